The number of anilines is 2. The number of carbonyl (C=O) groups is 1. The van der Waals surface area contributed by atoms with Crippen LogP contribution < -0.4 is 10.5 Å². The van der Waals surface area contributed by atoms with E-state index in [0.29, 0.717) is 5.16 Å². The third-order valence-electron chi connectivity index (χ3n) is 8.81. The van der Waals surface area contributed by atoms with Gasteiger partial charge in [0.2, 0.25) is 5.91 Å². The van der Waals surface area contributed by atoms with Crippen LogP contribution in [0, 0.1) is 0 Å². The van der Waals surface area contributed by atoms with Gasteiger partial charge in [0.05, 0.1) is 22.7 Å². The van der Waals surface area contributed by atoms with Crippen LogP contribution in [0.1, 0.15) is 43.2 Å². The van der Waals surface area contributed by atoms with Crippen LogP contribution in [-0.2, 0) is 16.6 Å². The summed E-state index contributed by atoms with van der Waals surface area (Å²) in [6, 6.07) is 37.5. The molecule has 6 heteroatoms. The molecule has 0 bridgehead atoms. The van der Waals surface area contributed by atoms with Crippen molar-refractivity contribution in [2.75, 3.05) is 10.7 Å². The molecule has 2 aliphatic rings. The van der Waals surface area contributed by atoms with Crippen molar-refractivity contribution >= 4 is 29.0 Å². The standard InChI is InChI=1S/C37H33N3O2S/c41-32(39(28-16-5-1-6-17-28)29-18-7-2-8-19-29)26-43-36-38-34-31-22-12-11-15-27(31)25-37(23-13-4-14-24-37)33(34)35(42)40(36)30-20-9-3-10-21-30/h1-3,5-12,15-22H,4,13-14,23-26H2. The molecule has 214 valence electrons. The molecular weight excluding hydrogens is 550 g/mol. The predicted octanol–water partition coefficient (Wildman–Crippen LogP) is 8.11. The van der Waals surface area contributed by atoms with Crippen LogP contribution in [0.2, 0.25) is 0 Å². The molecule has 0 radical (unpaired) electrons. The number of nitrogens with zero attached hydrogens (tertiary/aromatic N) is 3. The lowest BCUT2D eigenvalue weighted by atomic mass is 9.62. The molecule has 4 aromatic carbocycles. The molecule has 43 heavy (non-hydrogen) atoms. The molecule has 0 aliphatic heterocycles. The highest BCUT2D eigenvalue weighted by Gasteiger charge is 2.43. The fourth-order valence-corrected chi connectivity index (χ4v) is 7.73. The number of fused-ring (bicyclic) bond motifs is 4. The van der Waals surface area contributed by atoms with Gasteiger partial charge in [0.15, 0.2) is 5.16 Å². The maximum atomic E-state index is 14.8. The summed E-state index contributed by atoms with van der Waals surface area (Å²) >= 11 is 1.33. The number of benzene rings is 4. The van der Waals surface area contributed by atoms with E-state index in [1.54, 1.807) is 9.47 Å². The average molecular weight is 584 g/mol. The van der Waals surface area contributed by atoms with Gasteiger partial charge in [-0.2, -0.15) is 0 Å². The fraction of sp³-hybridized carbons (Fsp3) is 0.216. The molecule has 2 aliphatic carbocycles. The number of para-hydroxylation sites is 3. The highest BCUT2D eigenvalue weighted by atomic mass is 32.2. The Morgan fingerprint density at radius 2 is 1.35 bits per heavy atom. The molecule has 5 aromatic rings. The van der Waals surface area contributed by atoms with Crippen molar-refractivity contribution in [3.8, 4) is 16.9 Å². The van der Waals surface area contributed by atoms with E-state index in [1.165, 1.54) is 23.7 Å². The van der Waals surface area contributed by atoms with E-state index in [2.05, 4.69) is 18.2 Å². The van der Waals surface area contributed by atoms with Gasteiger partial charge in [-0.3, -0.25) is 19.1 Å². The molecule has 0 saturated heterocycles. The number of aromatic nitrogens is 2. The second kappa shape index (κ2) is 11.7. The number of hydrogen-bond donors (Lipinski definition) is 0. The van der Waals surface area contributed by atoms with E-state index in [4.69, 9.17) is 4.98 Å². The number of rotatable bonds is 6. The van der Waals surface area contributed by atoms with Crippen LogP contribution >= 0.6 is 11.8 Å². The summed E-state index contributed by atoms with van der Waals surface area (Å²) in [5, 5.41) is 0.534. The summed E-state index contributed by atoms with van der Waals surface area (Å²) in [6.45, 7) is 0. The minimum Gasteiger partial charge on any atom is -0.280 e. The van der Waals surface area contributed by atoms with E-state index in [0.717, 1.165) is 66.0 Å². The largest absolute Gasteiger partial charge is 0.280 e. The molecule has 1 heterocycles. The predicted molar refractivity (Wildman–Crippen MR) is 174 cm³/mol. The van der Waals surface area contributed by atoms with Gasteiger partial charge in [0.25, 0.3) is 5.56 Å². The van der Waals surface area contributed by atoms with Crippen LogP contribution in [0.3, 0.4) is 0 Å². The first-order valence-corrected chi connectivity index (χ1v) is 16.0. The quantitative estimate of drug-likeness (QED) is 0.150. The van der Waals surface area contributed by atoms with Crippen molar-refractivity contribution < 1.29 is 4.79 Å². The highest BCUT2D eigenvalue weighted by molar-refractivity contribution is 7.99. The molecule has 1 fully saturated rings. The molecule has 5 nitrogen and oxygen atoms in total. The Kier molecular flexibility index (Phi) is 7.45. The third kappa shape index (κ3) is 5.10. The summed E-state index contributed by atoms with van der Waals surface area (Å²) < 4.78 is 1.75. The summed E-state index contributed by atoms with van der Waals surface area (Å²) in [4.78, 5) is 35.7. The SMILES string of the molecule is O=C(CSc1nc2c(c(=O)n1-c1ccccc1)C1(CCCCC1)Cc1ccccc1-2)N(c1ccccc1)c1ccccc1. The Morgan fingerprint density at radius 3 is 2.00 bits per heavy atom. The van der Waals surface area contributed by atoms with E-state index >= 15 is 0 Å². The molecule has 1 amide bonds. The molecule has 7 rings (SSSR count). The number of hydrogen-bond acceptors (Lipinski definition) is 4. The van der Waals surface area contributed by atoms with Crippen LogP contribution in [0.4, 0.5) is 11.4 Å². The van der Waals surface area contributed by atoms with Gasteiger partial charge in [-0.25, -0.2) is 4.98 Å². The normalized spacial score (nSPS) is 15.0. The number of amides is 1. The zero-order valence-corrected chi connectivity index (χ0v) is 24.8. The highest BCUT2D eigenvalue weighted by Crippen LogP contribution is 2.49. The lowest BCUT2D eigenvalue weighted by Crippen LogP contribution is -2.43. The first-order valence-electron chi connectivity index (χ1n) is 15.0. The summed E-state index contributed by atoms with van der Waals surface area (Å²) in [7, 11) is 0. The number of thioether (sulfide) groups is 1. The second-order valence-electron chi connectivity index (χ2n) is 11.5. The molecule has 1 aromatic heterocycles. The van der Waals surface area contributed by atoms with Gasteiger partial charge in [-0.15, -0.1) is 0 Å². The van der Waals surface area contributed by atoms with Gasteiger partial charge in [0.1, 0.15) is 0 Å². The van der Waals surface area contributed by atoms with Crippen LogP contribution in [0.5, 0.6) is 0 Å². The van der Waals surface area contributed by atoms with E-state index in [1.807, 2.05) is 97.1 Å². The minimum absolute atomic E-state index is 0.00877. The van der Waals surface area contributed by atoms with E-state index in [9.17, 15) is 9.59 Å². The Hall–Kier alpha value is -4.42. The maximum Gasteiger partial charge on any atom is 0.263 e. The van der Waals surface area contributed by atoms with Crippen LogP contribution in [-0.4, -0.2) is 21.2 Å². The molecule has 0 atom stereocenters. The smallest absolute Gasteiger partial charge is 0.263 e. The van der Waals surface area contributed by atoms with Crippen LogP contribution in [0.25, 0.3) is 16.9 Å². The van der Waals surface area contributed by atoms with Gasteiger partial charge < -0.3 is 0 Å². The fourth-order valence-electron chi connectivity index (χ4n) is 6.87. The Morgan fingerprint density at radius 1 is 0.767 bits per heavy atom. The van der Waals surface area contributed by atoms with E-state index < -0.39 is 0 Å². The zero-order valence-electron chi connectivity index (χ0n) is 24.0. The first-order chi connectivity index (χ1) is 21.1. The summed E-state index contributed by atoms with van der Waals surface area (Å²) in [5.41, 5.74) is 6.08. The molecule has 1 saturated carbocycles. The topological polar surface area (TPSA) is 55.2 Å². The Labute approximate surface area is 256 Å². The van der Waals surface area contributed by atoms with Crippen molar-refractivity contribution in [2.45, 2.75) is 49.1 Å². The molecule has 0 N–H and O–H groups in total. The van der Waals surface area contributed by atoms with Crippen molar-refractivity contribution in [1.82, 2.24) is 9.55 Å². The summed E-state index contributed by atoms with van der Waals surface area (Å²) in [5.74, 6) is 0.0346. The minimum atomic E-state index is -0.209. The van der Waals surface area contributed by atoms with Gasteiger partial charge in [-0.1, -0.05) is 110 Å². The zero-order chi connectivity index (χ0) is 29.2. The molecular formula is C37H33N3O2S. The molecule has 0 unspecified atom stereocenters. The van der Waals surface area contributed by atoms with Gasteiger partial charge >= 0.3 is 0 Å². The van der Waals surface area contributed by atoms with Crippen molar-refractivity contribution in [3.63, 3.8) is 0 Å². The summed E-state index contributed by atoms with van der Waals surface area (Å²) in [6.07, 6.45) is 6.30. The van der Waals surface area contributed by atoms with Crippen LogP contribution in [0.15, 0.2) is 125 Å². The lowest BCUT2D eigenvalue weighted by Gasteiger charge is -2.42. The Bertz CT molecular complexity index is 1770. The van der Waals surface area contributed by atoms with E-state index in [-0.39, 0.29) is 22.6 Å². The van der Waals surface area contributed by atoms with Crippen molar-refractivity contribution in [3.05, 3.63) is 137 Å². The van der Waals surface area contributed by atoms with Gasteiger partial charge in [-0.05, 0) is 61.2 Å². The lowest BCUT2D eigenvalue weighted by molar-refractivity contribution is -0.115. The monoisotopic (exact) mass is 583 g/mol. The van der Waals surface area contributed by atoms with Crippen molar-refractivity contribution in [1.29, 1.82) is 0 Å². The second-order valence-corrected chi connectivity index (χ2v) is 12.4. The molecule has 1 spiro atoms. The van der Waals surface area contributed by atoms with Gasteiger partial charge in [0, 0.05) is 22.4 Å². The third-order valence-corrected chi connectivity index (χ3v) is 9.74. The maximum absolute atomic E-state index is 14.8. The Balaban J connectivity index is 1.35. The van der Waals surface area contributed by atoms with Crippen molar-refractivity contribution in [2.24, 2.45) is 0 Å². The number of carbonyl (C=O) groups excluding carboxylic acids is 1. The average Bonchev–Trinajstić information content (AvgIpc) is 3.05. The first kappa shape index (κ1) is 27.4.